The molecule has 3 aromatic rings. The van der Waals surface area contributed by atoms with E-state index in [0.717, 1.165) is 23.7 Å². The number of aromatic nitrogens is 1. The molecule has 27 heteroatoms. The van der Waals surface area contributed by atoms with E-state index in [-0.39, 0.29) is 108 Å². The normalized spacial score (nSPS) is 22.0. The van der Waals surface area contributed by atoms with Crippen molar-refractivity contribution in [1.82, 2.24) is 52.8 Å². The number of aromatic amines is 1. The standard InChI is InChI=1S/C52H77N17O10/c1-29(70)62-35(14-8-24-59-51(54)55)45(74)67-39-20-22-43(72)58-23-7-15-36(44(73)63-32-17-18-32)64-50(79)41(27-31-28-61-34-13-6-5-12-33(31)34)69-46(75)37(16-9-25-60-52(56)57)65-49(78)40(26-30-10-3-2-4-11-30)68-48(77)38(66-47(39)76)19-21-42(53)71/h2-6,10-13,28-29,32,35-41,61-62,70H,7-9,14-27H2,1H3,(H2,53,71)(H,58,72)(H,63,73)(H,64,79)(H,65,78)(H,66,76)(H,67,74)(H,68,77)(H,69,75)(H4,54,55,59)(H4,56,57,60)/t29?,35-,36-,37-,38-,39-,40+,41-/m0/s1. The molecule has 2 aliphatic rings. The van der Waals surface area contributed by atoms with E-state index in [4.69, 9.17) is 28.7 Å². The van der Waals surface area contributed by atoms with Gasteiger partial charge in [-0.2, -0.15) is 0 Å². The van der Waals surface area contributed by atoms with Gasteiger partial charge in [0.15, 0.2) is 11.9 Å². The number of aliphatic imine (C=N–C) groups is 2. The minimum absolute atomic E-state index is 0.0115. The zero-order valence-electron chi connectivity index (χ0n) is 44.4. The van der Waals surface area contributed by atoms with E-state index >= 15 is 0 Å². The van der Waals surface area contributed by atoms with Crippen LogP contribution in [0, 0.1) is 0 Å². The van der Waals surface area contributed by atoms with E-state index in [9.17, 15) is 48.3 Å². The molecule has 1 saturated carbocycles. The van der Waals surface area contributed by atoms with Crippen LogP contribution in [-0.2, 0) is 56.0 Å². The van der Waals surface area contributed by atoms with Crippen LogP contribution in [-0.4, -0.2) is 149 Å². The van der Waals surface area contributed by atoms with Crippen LogP contribution in [0.1, 0.15) is 95.1 Å². The van der Waals surface area contributed by atoms with Crippen LogP contribution in [0.2, 0.25) is 0 Å². The fourth-order valence-electron chi connectivity index (χ4n) is 8.80. The molecule has 1 aliphatic carbocycles. The van der Waals surface area contributed by atoms with Gasteiger partial charge in [0, 0.05) is 68.5 Å². The summed E-state index contributed by atoms with van der Waals surface area (Å²) in [7, 11) is 0. The fourth-order valence-corrected chi connectivity index (χ4v) is 8.80. The molecule has 0 spiro atoms. The lowest BCUT2D eigenvalue weighted by Gasteiger charge is -2.28. The predicted molar refractivity (Wildman–Crippen MR) is 293 cm³/mol. The third kappa shape index (κ3) is 21.6. The highest BCUT2D eigenvalue weighted by molar-refractivity contribution is 5.98. The van der Waals surface area contributed by atoms with Crippen LogP contribution < -0.4 is 76.5 Å². The molecule has 21 N–H and O–H groups in total. The van der Waals surface area contributed by atoms with Crippen molar-refractivity contribution in [2.75, 3.05) is 19.6 Å². The summed E-state index contributed by atoms with van der Waals surface area (Å²) in [5.41, 5.74) is 29.6. The molecular formula is C52H77N17O10. The molecule has 2 heterocycles. The number of fused-ring (bicyclic) bond motifs is 1. The number of H-pyrrole nitrogens is 1. The Hall–Kier alpha value is -8.33. The molecule has 9 amide bonds. The number of hydrogen-bond donors (Lipinski definition) is 16. The van der Waals surface area contributed by atoms with E-state index in [1.807, 2.05) is 24.3 Å². The highest BCUT2D eigenvalue weighted by Crippen LogP contribution is 2.21. The van der Waals surface area contributed by atoms with Crippen molar-refractivity contribution in [3.05, 3.63) is 71.9 Å². The van der Waals surface area contributed by atoms with Crippen molar-refractivity contribution >= 4 is 76.0 Å². The number of aliphatic hydroxyl groups excluding tert-OH is 1. The van der Waals surface area contributed by atoms with Crippen LogP contribution >= 0.6 is 0 Å². The summed E-state index contributed by atoms with van der Waals surface area (Å²) in [6, 6.07) is 6.34. The Morgan fingerprint density at radius 2 is 1.28 bits per heavy atom. The molecule has 1 unspecified atom stereocenters. The van der Waals surface area contributed by atoms with Crippen molar-refractivity contribution in [2.24, 2.45) is 38.7 Å². The van der Waals surface area contributed by atoms with E-state index < -0.39 is 108 Å². The van der Waals surface area contributed by atoms with Gasteiger partial charge in [0.25, 0.3) is 0 Å². The maximum atomic E-state index is 14.7. The van der Waals surface area contributed by atoms with Crippen LogP contribution in [0.4, 0.5) is 0 Å². The lowest BCUT2D eigenvalue weighted by Crippen LogP contribution is -2.60. The number of carbonyl (C=O) groups excluding carboxylic acids is 9. The molecule has 1 aliphatic heterocycles. The molecule has 27 nitrogen and oxygen atoms in total. The largest absolute Gasteiger partial charge is 0.379 e. The summed E-state index contributed by atoms with van der Waals surface area (Å²) >= 11 is 0. The Morgan fingerprint density at radius 3 is 1.94 bits per heavy atom. The van der Waals surface area contributed by atoms with Gasteiger partial charge in [-0.25, -0.2) is 0 Å². The van der Waals surface area contributed by atoms with Gasteiger partial charge >= 0.3 is 0 Å². The number of rotatable bonds is 21. The second-order valence-corrected chi connectivity index (χ2v) is 19.7. The quantitative estimate of drug-likeness (QED) is 0.0213. The van der Waals surface area contributed by atoms with Gasteiger partial charge < -0.3 is 81.3 Å². The number of benzene rings is 2. The summed E-state index contributed by atoms with van der Waals surface area (Å²) in [6.07, 6.45) is 0.978. The number of nitrogens with two attached hydrogens (primary N) is 5. The van der Waals surface area contributed by atoms with Crippen molar-refractivity contribution in [3.8, 4) is 0 Å². The molecule has 2 fully saturated rings. The number of carbonyl (C=O) groups is 9. The lowest BCUT2D eigenvalue weighted by atomic mass is 10.0. The Bertz CT molecular complexity index is 2630. The van der Waals surface area contributed by atoms with Gasteiger partial charge in [0.1, 0.15) is 42.5 Å². The summed E-state index contributed by atoms with van der Waals surface area (Å²) in [4.78, 5) is 138. The first-order valence-electron chi connectivity index (χ1n) is 26.6. The average Bonchev–Trinajstić information content (AvgIpc) is 4.14. The molecule has 2 aromatic carbocycles. The van der Waals surface area contributed by atoms with Gasteiger partial charge in [0.2, 0.25) is 53.2 Å². The second kappa shape index (κ2) is 31.2. The molecule has 0 radical (unpaired) electrons. The van der Waals surface area contributed by atoms with Crippen LogP contribution in [0.5, 0.6) is 0 Å². The van der Waals surface area contributed by atoms with Crippen molar-refractivity contribution in [1.29, 1.82) is 0 Å². The first kappa shape index (κ1) is 61.5. The van der Waals surface area contributed by atoms with Gasteiger partial charge in [-0.3, -0.25) is 58.5 Å². The summed E-state index contributed by atoms with van der Waals surface area (Å²) in [5, 5.41) is 35.7. The Kier molecular flexibility index (Phi) is 24.3. The maximum Gasteiger partial charge on any atom is 0.243 e. The first-order valence-corrected chi connectivity index (χ1v) is 26.6. The molecule has 5 rings (SSSR count). The highest BCUT2D eigenvalue weighted by atomic mass is 16.3. The number of para-hydroxylation sites is 1. The summed E-state index contributed by atoms with van der Waals surface area (Å²) in [6.45, 7) is 1.57. The summed E-state index contributed by atoms with van der Waals surface area (Å²) in [5.74, 6) is -7.30. The van der Waals surface area contributed by atoms with Crippen LogP contribution in [0.15, 0.2) is 70.8 Å². The predicted octanol–water partition coefficient (Wildman–Crippen LogP) is -3.50. The molecule has 0 bridgehead atoms. The van der Waals surface area contributed by atoms with Crippen molar-refractivity contribution in [3.63, 3.8) is 0 Å². The topological polar surface area (TPSA) is 453 Å². The number of guanidine groups is 2. The first-order chi connectivity index (χ1) is 37.8. The van der Waals surface area contributed by atoms with E-state index in [0.29, 0.717) is 11.1 Å². The lowest BCUT2D eigenvalue weighted by molar-refractivity contribution is -0.136. The van der Waals surface area contributed by atoms with Gasteiger partial charge in [-0.05, 0) is 88.3 Å². The number of nitrogens with zero attached hydrogens (tertiary/aromatic N) is 2. The molecule has 79 heavy (non-hydrogen) atoms. The third-order valence-electron chi connectivity index (χ3n) is 13.1. The van der Waals surface area contributed by atoms with Crippen LogP contribution in [0.25, 0.3) is 10.9 Å². The Balaban J connectivity index is 1.55. The fraction of sp³-hybridized carbons (Fsp3) is 0.519. The number of hydrogen-bond acceptors (Lipinski definition) is 13. The Labute approximate surface area is 457 Å². The second-order valence-electron chi connectivity index (χ2n) is 19.7. The minimum Gasteiger partial charge on any atom is -0.379 e. The highest BCUT2D eigenvalue weighted by Gasteiger charge is 2.36. The molecule has 8 atom stereocenters. The van der Waals surface area contributed by atoms with Crippen molar-refractivity contribution in [2.45, 2.75) is 151 Å². The van der Waals surface area contributed by atoms with Gasteiger partial charge in [-0.15, -0.1) is 0 Å². The zero-order valence-corrected chi connectivity index (χ0v) is 44.4. The number of aliphatic hydroxyl groups is 1. The smallest absolute Gasteiger partial charge is 0.243 e. The van der Waals surface area contributed by atoms with E-state index in [2.05, 4.69) is 62.8 Å². The monoisotopic (exact) mass is 1100 g/mol. The SMILES string of the molecule is CC(O)N[C@@H](CCCN=C(N)N)C(=O)N[C@H]1CCC(=O)NCCC[C@@H](C(=O)NC2CC2)NC(=O)[C@H](Cc2c[nH]c3ccccc23)NC(=O)[C@H](CCCN=C(N)N)NC(=O)[C@@H](Cc2ccccc2)NC(=O)[C@H](CCC(N)=O)NC1=O. The zero-order chi connectivity index (χ0) is 57.4. The van der Waals surface area contributed by atoms with E-state index in [1.165, 1.54) is 6.92 Å². The van der Waals surface area contributed by atoms with Gasteiger partial charge in [-0.1, -0.05) is 48.5 Å². The molecular weight excluding hydrogens is 1020 g/mol. The number of nitrogens with one attached hydrogen (secondary N) is 10. The van der Waals surface area contributed by atoms with E-state index in [1.54, 1.807) is 36.5 Å². The molecule has 430 valence electrons. The van der Waals surface area contributed by atoms with Gasteiger partial charge in [0.05, 0.1) is 6.04 Å². The van der Waals surface area contributed by atoms with Crippen molar-refractivity contribution < 1.29 is 48.3 Å². The Morgan fingerprint density at radius 1 is 0.684 bits per heavy atom. The summed E-state index contributed by atoms with van der Waals surface area (Å²) < 4.78 is 0. The number of primary amides is 1. The third-order valence-corrected chi connectivity index (χ3v) is 13.1. The molecule has 1 saturated heterocycles. The average molecular weight is 1100 g/mol. The molecule has 1 aromatic heterocycles. The van der Waals surface area contributed by atoms with Crippen LogP contribution in [0.3, 0.4) is 0 Å². The number of amides is 9. The minimum atomic E-state index is -1.57. The maximum absolute atomic E-state index is 14.7.